The summed E-state index contributed by atoms with van der Waals surface area (Å²) in [6.07, 6.45) is 0. The molecule has 0 radical (unpaired) electrons. The molecule has 6 heteroatoms. The van der Waals surface area contributed by atoms with E-state index in [0.717, 1.165) is 16.0 Å². The first-order valence-corrected chi connectivity index (χ1v) is 8.49. The third-order valence-electron chi connectivity index (χ3n) is 3.45. The molecule has 0 N–H and O–H groups in total. The quantitative estimate of drug-likeness (QED) is 0.328. The molecule has 0 saturated heterocycles. The lowest BCUT2D eigenvalue weighted by Crippen LogP contribution is -2.36. The van der Waals surface area contributed by atoms with Crippen LogP contribution >= 0.6 is 11.8 Å². The number of ether oxygens (including phenoxy) is 1. The van der Waals surface area contributed by atoms with Gasteiger partial charge in [0.1, 0.15) is 5.25 Å². The summed E-state index contributed by atoms with van der Waals surface area (Å²) >= 11 is 1.30. The minimum atomic E-state index is -1.46. The summed E-state index contributed by atoms with van der Waals surface area (Å²) in [6.45, 7) is 3.72. The average molecular weight is 345 g/mol. The minimum Gasteiger partial charge on any atom is -0.461 e. The van der Waals surface area contributed by atoms with E-state index in [0.29, 0.717) is 0 Å². The van der Waals surface area contributed by atoms with Crippen molar-refractivity contribution in [2.45, 2.75) is 30.0 Å². The number of rotatable bonds is 7. The van der Waals surface area contributed by atoms with Gasteiger partial charge in [-0.25, -0.2) is 4.79 Å². The number of carbonyl (C=O) groups is 1. The molecule has 0 saturated carbocycles. The normalized spacial score (nSPS) is 13.1. The van der Waals surface area contributed by atoms with Crippen molar-refractivity contribution < 1.29 is 14.5 Å². The molecule has 2 aromatic carbocycles. The maximum absolute atomic E-state index is 12.2. The molecule has 0 aliphatic carbocycles. The van der Waals surface area contributed by atoms with Crippen molar-refractivity contribution in [3.8, 4) is 0 Å². The Morgan fingerprint density at radius 2 is 1.79 bits per heavy atom. The van der Waals surface area contributed by atoms with Gasteiger partial charge in [-0.15, -0.1) is 11.8 Å². The number of benzene rings is 2. The Bertz CT molecular complexity index is 688. The van der Waals surface area contributed by atoms with Crippen LogP contribution < -0.4 is 0 Å². The number of thioether (sulfide) groups is 1. The summed E-state index contributed by atoms with van der Waals surface area (Å²) in [4.78, 5) is 24.0. The predicted octanol–water partition coefficient (Wildman–Crippen LogP) is 4.04. The number of hydrogen-bond acceptors (Lipinski definition) is 5. The molecule has 0 aromatic heterocycles. The zero-order valence-electron chi connectivity index (χ0n) is 13.5. The summed E-state index contributed by atoms with van der Waals surface area (Å²) in [5, 5.41) is 10.9. The topological polar surface area (TPSA) is 69.4 Å². The standard InChI is InChI=1S/C18H19NO4S/c1-3-23-18(20)16(19(21)22)17(14-7-5-4-6-8-14)24-15-11-9-13(2)10-12-15/h4-12,16-17H,3H2,1-2H3. The highest BCUT2D eigenvalue weighted by Crippen LogP contribution is 2.39. The Kier molecular flexibility index (Phi) is 6.37. The van der Waals surface area contributed by atoms with E-state index in [9.17, 15) is 14.9 Å². The van der Waals surface area contributed by atoms with Crippen LogP contribution in [0, 0.1) is 17.0 Å². The molecule has 2 atom stereocenters. The second kappa shape index (κ2) is 8.49. The fourth-order valence-corrected chi connectivity index (χ4v) is 3.49. The molecule has 2 aromatic rings. The lowest BCUT2D eigenvalue weighted by atomic mass is 10.1. The van der Waals surface area contributed by atoms with Crippen LogP contribution in [0.2, 0.25) is 0 Å². The molecule has 5 nitrogen and oxygen atoms in total. The highest BCUT2D eigenvalue weighted by Gasteiger charge is 2.41. The zero-order valence-corrected chi connectivity index (χ0v) is 14.4. The number of nitrogens with zero attached hydrogens (tertiary/aromatic N) is 1. The van der Waals surface area contributed by atoms with Crippen molar-refractivity contribution in [2.75, 3.05) is 6.61 Å². The second-order valence-electron chi connectivity index (χ2n) is 5.24. The van der Waals surface area contributed by atoms with Crippen LogP contribution in [0.1, 0.15) is 23.3 Å². The third-order valence-corrected chi connectivity index (χ3v) is 4.78. The van der Waals surface area contributed by atoms with Crippen LogP contribution in [0.25, 0.3) is 0 Å². The summed E-state index contributed by atoms with van der Waals surface area (Å²) < 4.78 is 4.93. The van der Waals surface area contributed by atoms with E-state index < -0.39 is 22.2 Å². The van der Waals surface area contributed by atoms with Crippen molar-refractivity contribution in [3.05, 3.63) is 75.8 Å². The third kappa shape index (κ3) is 4.58. The Morgan fingerprint density at radius 3 is 2.33 bits per heavy atom. The van der Waals surface area contributed by atoms with Crippen molar-refractivity contribution in [2.24, 2.45) is 0 Å². The summed E-state index contributed by atoms with van der Waals surface area (Å²) in [5.41, 5.74) is 1.82. The molecule has 0 aliphatic heterocycles. The van der Waals surface area contributed by atoms with E-state index in [1.54, 1.807) is 31.2 Å². The first kappa shape index (κ1) is 18.0. The van der Waals surface area contributed by atoms with Gasteiger partial charge < -0.3 is 4.74 Å². The Hall–Kier alpha value is -2.34. The van der Waals surface area contributed by atoms with Gasteiger partial charge in [-0.05, 0) is 31.5 Å². The van der Waals surface area contributed by atoms with Crippen LogP contribution in [0.15, 0.2) is 59.5 Å². The molecule has 2 unspecified atom stereocenters. The highest BCUT2D eigenvalue weighted by molar-refractivity contribution is 7.99. The maximum atomic E-state index is 12.2. The monoisotopic (exact) mass is 345 g/mol. The Balaban J connectivity index is 2.39. The predicted molar refractivity (Wildman–Crippen MR) is 93.6 cm³/mol. The Labute approximate surface area is 145 Å². The van der Waals surface area contributed by atoms with E-state index >= 15 is 0 Å². The van der Waals surface area contributed by atoms with Crippen LogP contribution in [0.3, 0.4) is 0 Å². The molecule has 24 heavy (non-hydrogen) atoms. The van der Waals surface area contributed by atoms with E-state index in [2.05, 4.69) is 0 Å². The van der Waals surface area contributed by atoms with Gasteiger partial charge in [-0.3, -0.25) is 10.1 Å². The van der Waals surface area contributed by atoms with Gasteiger partial charge >= 0.3 is 12.0 Å². The second-order valence-corrected chi connectivity index (χ2v) is 6.46. The molecule has 2 rings (SSSR count). The van der Waals surface area contributed by atoms with E-state index in [4.69, 9.17) is 4.74 Å². The summed E-state index contributed by atoms with van der Waals surface area (Å²) in [6, 6.07) is 15.3. The highest BCUT2D eigenvalue weighted by atomic mass is 32.2. The SMILES string of the molecule is CCOC(=O)C(C(Sc1ccc(C)cc1)c1ccccc1)[N+](=O)[O-]. The molecule has 0 spiro atoms. The van der Waals surface area contributed by atoms with Crippen LogP contribution in [0.4, 0.5) is 0 Å². The van der Waals surface area contributed by atoms with Crippen molar-refractivity contribution >= 4 is 17.7 Å². The molecule has 126 valence electrons. The minimum absolute atomic E-state index is 0.111. The molecule has 0 amide bonds. The van der Waals surface area contributed by atoms with E-state index in [1.807, 2.05) is 37.3 Å². The molecule has 0 bridgehead atoms. The number of hydrogen-bond donors (Lipinski definition) is 0. The molecule has 0 fully saturated rings. The zero-order chi connectivity index (χ0) is 17.5. The largest absolute Gasteiger partial charge is 0.461 e. The van der Waals surface area contributed by atoms with Crippen molar-refractivity contribution in [1.82, 2.24) is 0 Å². The average Bonchev–Trinajstić information content (AvgIpc) is 2.57. The molecule has 0 heterocycles. The summed E-state index contributed by atoms with van der Waals surface area (Å²) in [5.74, 6) is -0.809. The summed E-state index contributed by atoms with van der Waals surface area (Å²) in [7, 11) is 0. The van der Waals surface area contributed by atoms with E-state index in [1.165, 1.54) is 11.8 Å². The van der Waals surface area contributed by atoms with Gasteiger partial charge in [0.05, 0.1) is 6.61 Å². The van der Waals surface area contributed by atoms with Crippen LogP contribution in [0.5, 0.6) is 0 Å². The molecule has 0 aliphatic rings. The van der Waals surface area contributed by atoms with Gasteiger partial charge in [0, 0.05) is 9.82 Å². The maximum Gasteiger partial charge on any atom is 0.383 e. The Morgan fingerprint density at radius 1 is 1.17 bits per heavy atom. The van der Waals surface area contributed by atoms with Crippen molar-refractivity contribution in [3.63, 3.8) is 0 Å². The van der Waals surface area contributed by atoms with Gasteiger partial charge in [-0.1, -0.05) is 48.0 Å². The first-order chi connectivity index (χ1) is 11.5. The lowest BCUT2D eigenvalue weighted by molar-refractivity contribution is -0.510. The number of nitro groups is 1. The number of aryl methyl sites for hydroxylation is 1. The van der Waals surface area contributed by atoms with Crippen LogP contribution in [-0.2, 0) is 9.53 Å². The molecular formula is C18H19NO4S. The fraction of sp³-hybridized carbons (Fsp3) is 0.278. The number of carbonyl (C=O) groups excluding carboxylic acids is 1. The first-order valence-electron chi connectivity index (χ1n) is 7.61. The van der Waals surface area contributed by atoms with Gasteiger partial charge in [0.25, 0.3) is 0 Å². The number of esters is 1. The molecular weight excluding hydrogens is 326 g/mol. The lowest BCUT2D eigenvalue weighted by Gasteiger charge is -2.20. The van der Waals surface area contributed by atoms with Gasteiger partial charge in [0.15, 0.2) is 0 Å². The fourth-order valence-electron chi connectivity index (χ4n) is 2.27. The van der Waals surface area contributed by atoms with E-state index in [-0.39, 0.29) is 6.61 Å². The van der Waals surface area contributed by atoms with Gasteiger partial charge in [-0.2, -0.15) is 0 Å². The van der Waals surface area contributed by atoms with Crippen molar-refractivity contribution in [1.29, 1.82) is 0 Å². The van der Waals surface area contributed by atoms with Gasteiger partial charge in [0.2, 0.25) is 0 Å². The van der Waals surface area contributed by atoms with Crippen LogP contribution in [-0.4, -0.2) is 23.5 Å². The smallest absolute Gasteiger partial charge is 0.383 e.